The SMILES string of the molecule is [C-]#[N+]c1cc2c(Br)cn(CCC(O)CO)c2cc1C.[C-]#[N+]c1cc2c(Br)cn(CCC=C)c2cc1C. The molecule has 1 unspecified atom stereocenters. The van der Waals surface area contributed by atoms with E-state index >= 15 is 0 Å². The van der Waals surface area contributed by atoms with Crippen molar-refractivity contribution in [2.75, 3.05) is 6.61 Å². The minimum Gasteiger partial charge on any atom is -0.394 e. The molecule has 2 aromatic heterocycles. The fraction of sp³-hybridized carbons (Fsp3) is 0.286. The fourth-order valence-corrected chi connectivity index (χ4v) is 5.12. The van der Waals surface area contributed by atoms with Crippen LogP contribution in [0.1, 0.15) is 24.0 Å². The molecule has 0 amide bonds. The summed E-state index contributed by atoms with van der Waals surface area (Å²) in [5.74, 6) is 0. The van der Waals surface area contributed by atoms with Gasteiger partial charge in [-0.3, -0.25) is 0 Å². The van der Waals surface area contributed by atoms with Crippen molar-refractivity contribution >= 4 is 65.0 Å². The number of fused-ring (bicyclic) bond motifs is 2. The standard InChI is InChI=1S/C14H15BrN2O2.C14H13BrN2/c1-9-5-14-11(6-13(9)16-2)12(15)7-17(14)4-3-10(19)8-18;1-4-5-6-17-9-12(15)11-8-13(16-3)10(2)7-14(11)17/h5-7,10,18-19H,3-4,8H2,1H3;4,7-9H,1,5-6H2,2H3. The second kappa shape index (κ2) is 12.4. The molecule has 4 aromatic rings. The minimum absolute atomic E-state index is 0.221. The number of aromatic nitrogens is 2. The maximum Gasteiger partial charge on any atom is 0.190 e. The molecule has 1 atom stereocenters. The molecule has 2 N–H and O–H groups in total. The van der Waals surface area contributed by atoms with Crippen molar-refractivity contribution in [1.29, 1.82) is 0 Å². The molecule has 0 saturated carbocycles. The lowest BCUT2D eigenvalue weighted by molar-refractivity contribution is 0.0849. The number of hydrogen-bond acceptors (Lipinski definition) is 2. The third-order valence-corrected chi connectivity index (χ3v) is 7.29. The molecular formula is C28H28Br2N4O2. The van der Waals surface area contributed by atoms with Gasteiger partial charge in [0, 0.05) is 56.2 Å². The highest BCUT2D eigenvalue weighted by Crippen LogP contribution is 2.33. The van der Waals surface area contributed by atoms with Crippen LogP contribution in [0.3, 0.4) is 0 Å². The first-order chi connectivity index (χ1) is 17.2. The Hall–Kier alpha value is -2.88. The van der Waals surface area contributed by atoms with Gasteiger partial charge in [0.05, 0.1) is 25.9 Å². The molecule has 0 fully saturated rings. The third-order valence-electron chi connectivity index (χ3n) is 6.03. The van der Waals surface area contributed by atoms with E-state index in [1.807, 2.05) is 48.9 Å². The van der Waals surface area contributed by atoms with Gasteiger partial charge in [-0.1, -0.05) is 6.08 Å². The van der Waals surface area contributed by atoms with E-state index in [1.165, 1.54) is 5.52 Å². The lowest BCUT2D eigenvalue weighted by Gasteiger charge is -2.09. The van der Waals surface area contributed by atoms with Gasteiger partial charge < -0.3 is 19.3 Å². The van der Waals surface area contributed by atoms with Gasteiger partial charge in [-0.2, -0.15) is 0 Å². The van der Waals surface area contributed by atoms with Crippen LogP contribution in [0, 0.1) is 27.0 Å². The Labute approximate surface area is 228 Å². The summed E-state index contributed by atoms with van der Waals surface area (Å²) in [7, 11) is 0. The maximum absolute atomic E-state index is 9.42. The quantitative estimate of drug-likeness (QED) is 0.165. The Kier molecular flexibility index (Phi) is 9.53. The average Bonchev–Trinajstić information content (AvgIpc) is 3.34. The molecule has 0 aliphatic carbocycles. The van der Waals surface area contributed by atoms with Crippen molar-refractivity contribution in [3.63, 3.8) is 0 Å². The van der Waals surface area contributed by atoms with Crippen LogP contribution >= 0.6 is 31.9 Å². The van der Waals surface area contributed by atoms with Gasteiger partial charge in [-0.15, -0.1) is 6.58 Å². The largest absolute Gasteiger partial charge is 0.394 e. The Morgan fingerprint density at radius 2 is 1.39 bits per heavy atom. The first-order valence-electron chi connectivity index (χ1n) is 11.5. The Morgan fingerprint density at radius 1 is 0.917 bits per heavy atom. The number of aliphatic hydroxyl groups is 2. The van der Waals surface area contributed by atoms with Gasteiger partial charge >= 0.3 is 0 Å². The third kappa shape index (κ3) is 6.08. The summed E-state index contributed by atoms with van der Waals surface area (Å²) in [4.78, 5) is 7.04. The van der Waals surface area contributed by atoms with Crippen LogP contribution in [-0.4, -0.2) is 32.1 Å². The van der Waals surface area contributed by atoms with Crippen molar-refractivity contribution in [1.82, 2.24) is 9.13 Å². The molecule has 4 rings (SSSR count). The molecule has 8 heteroatoms. The molecule has 0 aliphatic heterocycles. The number of nitrogens with zero attached hydrogens (tertiary/aromatic N) is 4. The van der Waals surface area contributed by atoms with E-state index in [-0.39, 0.29) is 6.61 Å². The molecule has 186 valence electrons. The normalized spacial score (nSPS) is 11.6. The molecule has 6 nitrogen and oxygen atoms in total. The number of aliphatic hydroxyl groups excluding tert-OH is 2. The van der Waals surface area contributed by atoms with E-state index in [2.05, 4.69) is 65.0 Å². The number of benzene rings is 2. The maximum atomic E-state index is 9.42. The monoisotopic (exact) mass is 610 g/mol. The second-order valence-corrected chi connectivity index (χ2v) is 10.3. The van der Waals surface area contributed by atoms with Crippen LogP contribution in [0.4, 0.5) is 11.4 Å². The highest BCUT2D eigenvalue weighted by Gasteiger charge is 2.11. The molecule has 0 aliphatic rings. The number of rotatable bonds is 7. The summed E-state index contributed by atoms with van der Waals surface area (Å²) < 4.78 is 6.20. The molecule has 2 heterocycles. The Bertz CT molecular complexity index is 1490. The number of aryl methyl sites for hydroxylation is 4. The molecule has 0 bridgehead atoms. The minimum atomic E-state index is -0.695. The van der Waals surface area contributed by atoms with Crippen LogP contribution in [-0.2, 0) is 13.1 Å². The van der Waals surface area contributed by atoms with Crippen LogP contribution in [0.5, 0.6) is 0 Å². The molecule has 36 heavy (non-hydrogen) atoms. The summed E-state index contributed by atoms with van der Waals surface area (Å²) in [5, 5.41) is 20.4. The van der Waals surface area contributed by atoms with E-state index < -0.39 is 6.10 Å². The van der Waals surface area contributed by atoms with Crippen LogP contribution < -0.4 is 0 Å². The number of allylic oxidation sites excluding steroid dienone is 1. The first kappa shape index (κ1) is 27.7. The second-order valence-electron chi connectivity index (χ2n) is 8.58. The van der Waals surface area contributed by atoms with Crippen LogP contribution in [0.2, 0.25) is 0 Å². The zero-order valence-electron chi connectivity index (χ0n) is 20.3. The van der Waals surface area contributed by atoms with Crippen molar-refractivity contribution < 1.29 is 10.2 Å². The lowest BCUT2D eigenvalue weighted by atomic mass is 10.1. The zero-order valence-corrected chi connectivity index (χ0v) is 23.5. The summed E-state index contributed by atoms with van der Waals surface area (Å²) in [6.07, 6.45) is 6.68. The van der Waals surface area contributed by atoms with E-state index in [4.69, 9.17) is 18.3 Å². The smallest absolute Gasteiger partial charge is 0.190 e. The Balaban J connectivity index is 0.000000202. The van der Waals surface area contributed by atoms with E-state index in [0.29, 0.717) is 18.7 Å². The summed E-state index contributed by atoms with van der Waals surface area (Å²) in [6, 6.07) is 7.89. The molecule has 0 saturated heterocycles. The predicted octanol–water partition coefficient (Wildman–Crippen LogP) is 7.85. The molecule has 2 aromatic carbocycles. The summed E-state index contributed by atoms with van der Waals surface area (Å²) >= 11 is 7.04. The highest BCUT2D eigenvalue weighted by molar-refractivity contribution is 9.11. The van der Waals surface area contributed by atoms with Crippen LogP contribution in [0.25, 0.3) is 31.5 Å². The van der Waals surface area contributed by atoms with Crippen molar-refractivity contribution in [3.8, 4) is 0 Å². The molecule has 0 radical (unpaired) electrons. The van der Waals surface area contributed by atoms with Gasteiger partial charge in [0.15, 0.2) is 11.4 Å². The topological polar surface area (TPSA) is 59.0 Å². The summed E-state index contributed by atoms with van der Waals surface area (Å²) in [5.41, 5.74) is 5.54. The first-order valence-corrected chi connectivity index (χ1v) is 13.0. The van der Waals surface area contributed by atoms with Crippen molar-refractivity contribution in [2.24, 2.45) is 0 Å². The van der Waals surface area contributed by atoms with Gasteiger partial charge in [0.1, 0.15) is 0 Å². The van der Waals surface area contributed by atoms with Gasteiger partial charge in [-0.25, -0.2) is 9.69 Å². The summed E-state index contributed by atoms with van der Waals surface area (Å²) in [6.45, 7) is 23.2. The van der Waals surface area contributed by atoms with E-state index in [9.17, 15) is 5.11 Å². The zero-order chi connectivity index (χ0) is 26.4. The van der Waals surface area contributed by atoms with Crippen molar-refractivity contribution in [2.45, 2.75) is 45.9 Å². The van der Waals surface area contributed by atoms with Crippen LogP contribution in [0.15, 0.2) is 58.3 Å². The lowest BCUT2D eigenvalue weighted by Crippen LogP contribution is -2.14. The number of hydrogen-bond donors (Lipinski definition) is 2. The number of halogens is 2. The van der Waals surface area contributed by atoms with E-state index in [0.717, 1.165) is 55.0 Å². The van der Waals surface area contributed by atoms with Gasteiger partial charge in [0.2, 0.25) is 0 Å². The average molecular weight is 612 g/mol. The van der Waals surface area contributed by atoms with Gasteiger partial charge in [0.25, 0.3) is 0 Å². The van der Waals surface area contributed by atoms with Crippen molar-refractivity contribution in [3.05, 3.63) is 92.2 Å². The van der Waals surface area contributed by atoms with E-state index in [1.54, 1.807) is 0 Å². The molecular weight excluding hydrogens is 584 g/mol. The predicted molar refractivity (Wildman–Crippen MR) is 154 cm³/mol. The fourth-order valence-electron chi connectivity index (χ4n) is 3.99. The van der Waals surface area contributed by atoms with Gasteiger partial charge in [-0.05, 0) is 93.9 Å². The Morgan fingerprint density at radius 3 is 1.81 bits per heavy atom. The molecule has 0 spiro atoms. The highest BCUT2D eigenvalue weighted by atomic mass is 79.9.